The van der Waals surface area contributed by atoms with Gasteiger partial charge in [0.05, 0.1) is 48.8 Å². The van der Waals surface area contributed by atoms with Crippen molar-refractivity contribution in [3.05, 3.63) is 60.2 Å². The molecule has 2 N–H and O–H groups in total. The largest absolute Gasteiger partial charge is 0.443 e. The lowest BCUT2D eigenvalue weighted by molar-refractivity contribution is -0.145. The molecule has 3 fully saturated rings. The summed E-state index contributed by atoms with van der Waals surface area (Å²) in [6, 6.07) is 14.2. The van der Waals surface area contributed by atoms with Crippen molar-refractivity contribution in [3.63, 3.8) is 0 Å². The van der Waals surface area contributed by atoms with Gasteiger partial charge in [-0.05, 0) is 70.2 Å². The number of aliphatic hydroxyl groups excluding tert-OH is 1. The van der Waals surface area contributed by atoms with Gasteiger partial charge in [-0.25, -0.2) is 18.0 Å². The zero-order valence-electron chi connectivity index (χ0n) is 27.9. The smallest absolute Gasteiger partial charge is 0.414 e. The first kappa shape index (κ1) is 36.0. The van der Waals surface area contributed by atoms with Crippen LogP contribution in [-0.4, -0.2) is 93.2 Å². The van der Waals surface area contributed by atoms with Gasteiger partial charge in [-0.2, -0.15) is 0 Å². The van der Waals surface area contributed by atoms with Crippen LogP contribution in [0.15, 0.2) is 59.5 Å². The van der Waals surface area contributed by atoms with Crippen LogP contribution in [0.1, 0.15) is 58.4 Å². The number of alkyl carbamates (subject to hydrolysis) is 1. The molecule has 1 saturated carbocycles. The number of carbonyl (C=O) groups is 2. The number of aliphatic hydroxyl groups is 1. The number of ether oxygens (including phenoxy) is 4. The molecule has 14 heteroatoms. The molecule has 5 rings (SSSR count). The molecule has 1 aliphatic carbocycles. The van der Waals surface area contributed by atoms with Crippen LogP contribution in [0.5, 0.6) is 0 Å². The van der Waals surface area contributed by atoms with Crippen molar-refractivity contribution in [1.82, 2.24) is 9.79 Å². The topological polar surface area (TPSA) is 153 Å². The third kappa shape index (κ3) is 9.24. The number of anilines is 1. The molecule has 3 aliphatic rings. The van der Waals surface area contributed by atoms with Crippen LogP contribution in [0.2, 0.25) is 0 Å². The molecule has 0 radical (unpaired) electrons. The normalized spacial score (nSPS) is 22.7. The van der Waals surface area contributed by atoms with Crippen molar-refractivity contribution >= 4 is 27.9 Å². The van der Waals surface area contributed by atoms with E-state index in [1.807, 2.05) is 30.3 Å². The molecule has 13 nitrogen and oxygen atoms in total. The van der Waals surface area contributed by atoms with Crippen molar-refractivity contribution in [3.8, 4) is 0 Å². The van der Waals surface area contributed by atoms with Gasteiger partial charge in [0.1, 0.15) is 11.7 Å². The minimum absolute atomic E-state index is 0.0705. The Labute approximate surface area is 282 Å². The highest BCUT2D eigenvalue weighted by Crippen LogP contribution is 2.33. The molecule has 48 heavy (non-hydrogen) atoms. The number of hydrogen-bond donors (Lipinski definition) is 2. The lowest BCUT2D eigenvalue weighted by Gasteiger charge is -2.31. The Bertz CT molecular complexity index is 1500. The Hall–Kier alpha value is -3.27. The maximum atomic E-state index is 14.2. The van der Waals surface area contributed by atoms with E-state index in [0.29, 0.717) is 31.6 Å². The van der Waals surface area contributed by atoms with E-state index in [-0.39, 0.29) is 29.9 Å². The highest BCUT2D eigenvalue weighted by molar-refractivity contribution is 7.89. The van der Waals surface area contributed by atoms with Crippen molar-refractivity contribution < 1.29 is 46.9 Å². The van der Waals surface area contributed by atoms with Crippen LogP contribution < -0.4 is 10.2 Å². The Kier molecular flexibility index (Phi) is 11.6. The van der Waals surface area contributed by atoms with Gasteiger partial charge in [-0.15, -0.1) is 0 Å². The maximum Gasteiger partial charge on any atom is 0.414 e. The first-order valence-electron chi connectivity index (χ1n) is 16.5. The highest BCUT2D eigenvalue weighted by Gasteiger charge is 2.44. The third-order valence-corrected chi connectivity index (χ3v) is 10.3. The Morgan fingerprint density at radius 3 is 2.48 bits per heavy atom. The third-order valence-electron chi connectivity index (χ3n) is 8.65. The number of benzene rings is 2. The standard InChI is InChI=1S/C34H47N3O10S/c1-34(2,3)46-33(40)36(4)24-13-10-16-26(20-24)48(41,42)37(47-25-14-8-9-15-25)21-29(38)28(19-23-11-6-5-7-12-23)35-32(39)45-30-22-44-31-27(30)17-18-43-31/h5-7,10-13,16,20,25,27-31,38H,8-9,14-15,17-19,21-22H2,1-4H3,(H,35,39). The molecule has 2 amide bonds. The molecule has 0 spiro atoms. The van der Waals surface area contributed by atoms with Gasteiger partial charge in [0.2, 0.25) is 0 Å². The summed E-state index contributed by atoms with van der Waals surface area (Å²) in [4.78, 5) is 33.1. The molecule has 2 heterocycles. The van der Waals surface area contributed by atoms with E-state index in [0.717, 1.165) is 22.9 Å². The average Bonchev–Trinajstić information content (AvgIpc) is 3.81. The maximum absolute atomic E-state index is 14.2. The molecular weight excluding hydrogens is 642 g/mol. The molecule has 2 aliphatic heterocycles. The van der Waals surface area contributed by atoms with Crippen LogP contribution in [0.3, 0.4) is 0 Å². The summed E-state index contributed by atoms with van der Waals surface area (Å²) in [7, 11) is -2.87. The predicted octanol–water partition coefficient (Wildman–Crippen LogP) is 4.38. The number of nitrogens with one attached hydrogen (secondary N) is 1. The monoisotopic (exact) mass is 689 g/mol. The molecule has 2 aromatic rings. The van der Waals surface area contributed by atoms with E-state index < -0.39 is 58.9 Å². The molecule has 5 unspecified atom stereocenters. The molecule has 2 saturated heterocycles. The van der Waals surface area contributed by atoms with E-state index >= 15 is 0 Å². The number of nitrogens with zero attached hydrogens (tertiary/aromatic N) is 2. The van der Waals surface area contributed by atoms with E-state index in [4.69, 9.17) is 23.8 Å². The number of carbonyl (C=O) groups excluding carboxylic acids is 2. The predicted molar refractivity (Wildman–Crippen MR) is 175 cm³/mol. The first-order chi connectivity index (χ1) is 22.8. The Morgan fingerprint density at radius 1 is 1.04 bits per heavy atom. The second kappa shape index (κ2) is 15.5. The molecule has 264 valence electrons. The Morgan fingerprint density at radius 2 is 1.77 bits per heavy atom. The number of sulfonamides is 1. The fourth-order valence-electron chi connectivity index (χ4n) is 6.07. The van der Waals surface area contributed by atoms with Gasteiger partial charge in [0.25, 0.3) is 10.0 Å². The van der Waals surface area contributed by atoms with Gasteiger partial charge in [-0.3, -0.25) is 9.74 Å². The van der Waals surface area contributed by atoms with Crippen molar-refractivity contribution in [2.45, 2.75) is 100 Å². The van der Waals surface area contributed by atoms with E-state index in [9.17, 15) is 23.1 Å². The van der Waals surface area contributed by atoms with Gasteiger partial charge in [0.15, 0.2) is 6.29 Å². The molecule has 2 aromatic carbocycles. The summed E-state index contributed by atoms with van der Waals surface area (Å²) in [5.74, 6) is -0.0705. The lowest BCUT2D eigenvalue weighted by atomic mass is 10.0. The number of rotatable bonds is 12. The van der Waals surface area contributed by atoms with Crippen molar-refractivity contribution in [2.24, 2.45) is 5.92 Å². The fourth-order valence-corrected chi connectivity index (χ4v) is 7.40. The summed E-state index contributed by atoms with van der Waals surface area (Å²) in [5, 5.41) is 14.4. The van der Waals surface area contributed by atoms with Gasteiger partial charge in [0, 0.05) is 12.7 Å². The van der Waals surface area contributed by atoms with E-state index in [1.54, 1.807) is 26.8 Å². The van der Waals surface area contributed by atoms with Gasteiger partial charge in [-0.1, -0.05) is 53.7 Å². The van der Waals surface area contributed by atoms with E-state index in [2.05, 4.69) is 5.32 Å². The highest BCUT2D eigenvalue weighted by atomic mass is 32.2. The number of hydroxylamine groups is 1. The Balaban J connectivity index is 1.36. The van der Waals surface area contributed by atoms with Crippen molar-refractivity contribution in [1.29, 1.82) is 0 Å². The first-order valence-corrected chi connectivity index (χ1v) is 17.9. The summed E-state index contributed by atoms with van der Waals surface area (Å²) in [6.45, 7) is 5.48. The molecule has 0 bridgehead atoms. The number of amides is 2. The SMILES string of the molecule is CN(C(=O)OC(C)(C)C)c1cccc(S(=O)(=O)N(CC(O)C(Cc2ccccc2)NC(=O)OC2COC3OCCC23)OC2CCCC2)c1. The molecule has 5 atom stereocenters. The zero-order chi connectivity index (χ0) is 34.5. The quantitative estimate of drug-likeness (QED) is 0.307. The average molecular weight is 690 g/mol. The summed E-state index contributed by atoms with van der Waals surface area (Å²) >= 11 is 0. The minimum atomic E-state index is -4.37. The molecular formula is C34H47N3O10S. The van der Waals surface area contributed by atoms with Crippen LogP contribution in [0, 0.1) is 5.92 Å². The molecule has 0 aromatic heterocycles. The number of hydrogen-bond acceptors (Lipinski definition) is 10. The van der Waals surface area contributed by atoms with Gasteiger partial charge < -0.3 is 29.4 Å². The fraction of sp³-hybridized carbons (Fsp3) is 0.588. The summed E-state index contributed by atoms with van der Waals surface area (Å²) in [6.07, 6.45) is -0.0550. The second-order valence-corrected chi connectivity index (χ2v) is 15.3. The minimum Gasteiger partial charge on any atom is -0.443 e. The van der Waals surface area contributed by atoms with Crippen LogP contribution in [0.25, 0.3) is 0 Å². The lowest BCUT2D eigenvalue weighted by Crippen LogP contribution is -2.51. The van der Waals surface area contributed by atoms with Crippen LogP contribution >= 0.6 is 0 Å². The number of fused-ring (bicyclic) bond motifs is 1. The van der Waals surface area contributed by atoms with Gasteiger partial charge >= 0.3 is 12.2 Å². The second-order valence-electron chi connectivity index (χ2n) is 13.5. The van der Waals surface area contributed by atoms with Crippen LogP contribution in [0.4, 0.5) is 15.3 Å². The van der Waals surface area contributed by atoms with Crippen molar-refractivity contribution in [2.75, 3.05) is 31.7 Å². The van der Waals surface area contributed by atoms with E-state index in [1.165, 1.54) is 30.1 Å². The summed E-state index contributed by atoms with van der Waals surface area (Å²) in [5.41, 5.74) is 0.370. The van der Waals surface area contributed by atoms with Crippen LogP contribution in [-0.2, 0) is 40.2 Å². The summed E-state index contributed by atoms with van der Waals surface area (Å²) < 4.78 is 51.5. The zero-order valence-corrected chi connectivity index (χ0v) is 28.8.